The number of fused-ring (bicyclic) bond motifs is 1. The van der Waals surface area contributed by atoms with Crippen LogP contribution in [-0.4, -0.2) is 69.9 Å². The molecule has 4 heterocycles. The molecule has 3 aliphatic heterocycles. The van der Waals surface area contributed by atoms with Crippen LogP contribution >= 0.6 is 0 Å². The number of hydrogen-bond acceptors (Lipinski definition) is 4. The Bertz CT molecular complexity index is 541. The lowest BCUT2D eigenvalue weighted by molar-refractivity contribution is -0.133. The number of likely N-dealkylation sites (tertiary alicyclic amines) is 2. The molecule has 0 aromatic carbocycles. The van der Waals surface area contributed by atoms with Gasteiger partial charge in [0, 0.05) is 51.1 Å². The van der Waals surface area contributed by atoms with Crippen LogP contribution in [0.2, 0.25) is 0 Å². The van der Waals surface area contributed by atoms with Crippen LogP contribution in [0.5, 0.6) is 0 Å². The van der Waals surface area contributed by atoms with Gasteiger partial charge in [-0.25, -0.2) is 0 Å². The van der Waals surface area contributed by atoms with Crippen LogP contribution in [0.3, 0.4) is 0 Å². The van der Waals surface area contributed by atoms with E-state index < -0.39 is 0 Å². The SMILES string of the molecule is CC(=O)N1[C@H](Cn2cccn2)C[C@@H]2CN([C@@H]3CCOC3)CC[C@@H]21. The number of amides is 1. The lowest BCUT2D eigenvalue weighted by Crippen LogP contribution is -2.51. The molecule has 1 amide bonds. The number of aromatic nitrogens is 2. The number of rotatable bonds is 3. The van der Waals surface area contributed by atoms with Crippen LogP contribution in [-0.2, 0) is 16.1 Å². The molecule has 3 aliphatic rings. The number of hydrogen-bond donors (Lipinski definition) is 0. The number of ether oxygens (including phenoxy) is 1. The summed E-state index contributed by atoms with van der Waals surface area (Å²) in [7, 11) is 0. The van der Waals surface area contributed by atoms with E-state index >= 15 is 0 Å². The Morgan fingerprint density at radius 1 is 1.39 bits per heavy atom. The van der Waals surface area contributed by atoms with Crippen molar-refractivity contribution in [1.29, 1.82) is 0 Å². The molecule has 1 aromatic heterocycles. The maximum Gasteiger partial charge on any atom is 0.220 e. The van der Waals surface area contributed by atoms with Crippen molar-refractivity contribution >= 4 is 5.91 Å². The Labute approximate surface area is 137 Å². The normalized spacial score (nSPS) is 34.7. The van der Waals surface area contributed by atoms with E-state index in [9.17, 15) is 4.79 Å². The molecule has 6 heteroatoms. The van der Waals surface area contributed by atoms with Gasteiger partial charge in [-0.1, -0.05) is 0 Å². The summed E-state index contributed by atoms with van der Waals surface area (Å²) in [6.45, 7) is 6.51. The van der Waals surface area contributed by atoms with Crippen LogP contribution < -0.4 is 0 Å². The lowest BCUT2D eigenvalue weighted by atomic mass is 9.91. The van der Waals surface area contributed by atoms with Crippen molar-refractivity contribution in [2.24, 2.45) is 5.92 Å². The first-order valence-corrected chi connectivity index (χ1v) is 8.80. The number of carbonyl (C=O) groups excluding carboxylic acids is 1. The molecule has 0 saturated carbocycles. The van der Waals surface area contributed by atoms with Gasteiger partial charge < -0.3 is 9.64 Å². The zero-order valence-electron chi connectivity index (χ0n) is 13.8. The first-order chi connectivity index (χ1) is 11.2. The Hall–Kier alpha value is -1.40. The zero-order chi connectivity index (χ0) is 15.8. The van der Waals surface area contributed by atoms with E-state index in [-0.39, 0.29) is 11.9 Å². The molecule has 3 saturated heterocycles. The third-order valence-electron chi connectivity index (χ3n) is 5.79. The quantitative estimate of drug-likeness (QED) is 0.834. The summed E-state index contributed by atoms with van der Waals surface area (Å²) in [5.74, 6) is 0.807. The van der Waals surface area contributed by atoms with E-state index in [0.717, 1.165) is 52.1 Å². The monoisotopic (exact) mass is 318 g/mol. The van der Waals surface area contributed by atoms with Gasteiger partial charge in [-0.3, -0.25) is 14.4 Å². The largest absolute Gasteiger partial charge is 0.380 e. The highest BCUT2D eigenvalue weighted by molar-refractivity contribution is 5.74. The van der Waals surface area contributed by atoms with Gasteiger partial charge >= 0.3 is 0 Å². The van der Waals surface area contributed by atoms with Crippen molar-refractivity contribution in [3.05, 3.63) is 18.5 Å². The van der Waals surface area contributed by atoms with E-state index in [1.165, 1.54) is 0 Å². The van der Waals surface area contributed by atoms with Crippen molar-refractivity contribution in [2.45, 2.75) is 50.9 Å². The van der Waals surface area contributed by atoms with E-state index in [1.54, 1.807) is 6.92 Å². The fraction of sp³-hybridized carbons (Fsp3) is 0.765. The first kappa shape index (κ1) is 15.1. The van der Waals surface area contributed by atoms with Crippen molar-refractivity contribution < 1.29 is 9.53 Å². The van der Waals surface area contributed by atoms with Gasteiger partial charge in [0.15, 0.2) is 0 Å². The molecule has 4 rings (SSSR count). The predicted octanol–water partition coefficient (Wildman–Crippen LogP) is 0.983. The maximum absolute atomic E-state index is 12.2. The molecule has 23 heavy (non-hydrogen) atoms. The molecule has 6 nitrogen and oxygen atoms in total. The summed E-state index contributed by atoms with van der Waals surface area (Å²) in [4.78, 5) is 17.0. The molecule has 0 aliphatic carbocycles. The Balaban J connectivity index is 1.47. The molecule has 3 fully saturated rings. The molecule has 1 aromatic rings. The summed E-state index contributed by atoms with van der Waals surface area (Å²) < 4.78 is 7.51. The van der Waals surface area contributed by atoms with Gasteiger partial charge in [0.25, 0.3) is 0 Å². The molecule has 126 valence electrons. The van der Waals surface area contributed by atoms with Crippen molar-refractivity contribution in [3.8, 4) is 0 Å². The van der Waals surface area contributed by atoms with Gasteiger partial charge in [-0.15, -0.1) is 0 Å². The first-order valence-electron chi connectivity index (χ1n) is 8.80. The maximum atomic E-state index is 12.2. The second kappa shape index (κ2) is 6.24. The predicted molar refractivity (Wildman–Crippen MR) is 85.8 cm³/mol. The summed E-state index contributed by atoms with van der Waals surface area (Å²) in [5, 5.41) is 4.32. The van der Waals surface area contributed by atoms with Gasteiger partial charge in [0.2, 0.25) is 5.91 Å². The van der Waals surface area contributed by atoms with E-state index in [2.05, 4.69) is 14.9 Å². The molecular weight excluding hydrogens is 292 g/mol. The second-order valence-electron chi connectivity index (χ2n) is 7.17. The Morgan fingerprint density at radius 2 is 2.30 bits per heavy atom. The van der Waals surface area contributed by atoms with Crippen LogP contribution in [0.4, 0.5) is 0 Å². The Kier molecular flexibility index (Phi) is 4.11. The summed E-state index contributed by atoms with van der Waals surface area (Å²) in [6, 6.07) is 3.22. The van der Waals surface area contributed by atoms with E-state index in [4.69, 9.17) is 4.74 Å². The number of nitrogens with zero attached hydrogens (tertiary/aromatic N) is 4. The fourth-order valence-corrected chi connectivity index (χ4v) is 4.80. The number of piperidine rings is 1. The van der Waals surface area contributed by atoms with Crippen LogP contribution in [0.1, 0.15) is 26.2 Å². The van der Waals surface area contributed by atoms with Gasteiger partial charge in [-0.05, 0) is 31.2 Å². The minimum Gasteiger partial charge on any atom is -0.380 e. The van der Waals surface area contributed by atoms with Crippen molar-refractivity contribution in [3.63, 3.8) is 0 Å². The smallest absolute Gasteiger partial charge is 0.220 e. The minimum atomic E-state index is 0.215. The third kappa shape index (κ3) is 2.90. The highest BCUT2D eigenvalue weighted by Gasteiger charge is 2.46. The van der Waals surface area contributed by atoms with Crippen molar-refractivity contribution in [1.82, 2.24) is 19.6 Å². The van der Waals surface area contributed by atoms with Gasteiger partial charge in [-0.2, -0.15) is 5.10 Å². The topological polar surface area (TPSA) is 50.6 Å². The standard InChI is InChI=1S/C17H26N4O2/c1-13(22)21-16(11-20-6-2-5-18-20)9-14-10-19(7-3-17(14)21)15-4-8-23-12-15/h2,5-6,14-17H,3-4,7-12H2,1H3/t14-,15-,16+,17+/m1/s1. The minimum absolute atomic E-state index is 0.215. The van der Waals surface area contributed by atoms with Gasteiger partial charge in [0.05, 0.1) is 19.2 Å². The van der Waals surface area contributed by atoms with Crippen LogP contribution in [0, 0.1) is 5.92 Å². The average molecular weight is 318 g/mol. The molecule has 0 spiro atoms. The molecule has 4 atom stereocenters. The summed E-state index contributed by atoms with van der Waals surface area (Å²) >= 11 is 0. The summed E-state index contributed by atoms with van der Waals surface area (Å²) in [5.41, 5.74) is 0. The van der Waals surface area contributed by atoms with Crippen molar-refractivity contribution in [2.75, 3.05) is 26.3 Å². The second-order valence-corrected chi connectivity index (χ2v) is 7.17. The molecule has 0 N–H and O–H groups in total. The third-order valence-corrected chi connectivity index (χ3v) is 5.79. The van der Waals surface area contributed by atoms with E-state index in [1.807, 2.05) is 23.1 Å². The van der Waals surface area contributed by atoms with Crippen LogP contribution in [0.15, 0.2) is 18.5 Å². The zero-order valence-corrected chi connectivity index (χ0v) is 13.8. The molecular formula is C17H26N4O2. The van der Waals surface area contributed by atoms with Gasteiger partial charge in [0.1, 0.15) is 0 Å². The lowest BCUT2D eigenvalue weighted by Gasteiger charge is -2.40. The van der Waals surface area contributed by atoms with Crippen LogP contribution in [0.25, 0.3) is 0 Å². The average Bonchev–Trinajstić information content (AvgIpc) is 3.27. The van der Waals surface area contributed by atoms with E-state index in [0.29, 0.717) is 18.0 Å². The highest BCUT2D eigenvalue weighted by atomic mass is 16.5. The molecule has 0 radical (unpaired) electrons. The highest BCUT2D eigenvalue weighted by Crippen LogP contribution is 2.37. The fourth-order valence-electron chi connectivity index (χ4n) is 4.80. The number of carbonyl (C=O) groups is 1. The molecule has 0 bridgehead atoms. The summed E-state index contributed by atoms with van der Waals surface area (Å²) in [6.07, 6.45) is 7.14. The Morgan fingerprint density at radius 3 is 3.00 bits per heavy atom. The molecule has 0 unspecified atom stereocenters.